The molecule has 0 saturated heterocycles. The number of aromatic carboxylic acids is 1. The normalized spacial score (nSPS) is 19.5. The van der Waals surface area contributed by atoms with Gasteiger partial charge in [-0.15, -0.1) is 0 Å². The van der Waals surface area contributed by atoms with Crippen LogP contribution in [0.4, 0.5) is 5.69 Å². The molecule has 0 radical (unpaired) electrons. The predicted octanol–water partition coefficient (Wildman–Crippen LogP) is 6.74. The summed E-state index contributed by atoms with van der Waals surface area (Å²) in [6.07, 6.45) is 5.14. The number of hydrogen-bond donors (Lipinski definition) is 2. The van der Waals surface area contributed by atoms with E-state index in [0.29, 0.717) is 41.1 Å². The maximum atomic E-state index is 14.0. The first kappa shape index (κ1) is 27.1. The van der Waals surface area contributed by atoms with Gasteiger partial charge in [-0.2, -0.15) is 0 Å². The molecule has 1 aromatic heterocycles. The minimum Gasteiger partial charge on any atom is -0.478 e. The van der Waals surface area contributed by atoms with Crippen LogP contribution in [-0.4, -0.2) is 49.9 Å². The number of amides is 1. The van der Waals surface area contributed by atoms with Crippen molar-refractivity contribution in [3.8, 4) is 11.4 Å². The number of non-ortho nitro benzene ring substituents is 1. The Labute approximate surface area is 242 Å². The fourth-order valence-electron chi connectivity index (χ4n) is 6.64. The van der Waals surface area contributed by atoms with Crippen molar-refractivity contribution in [2.45, 2.75) is 27.2 Å². The number of hydrogen-bond acceptors (Lipinski definition) is 5. The van der Waals surface area contributed by atoms with Crippen LogP contribution in [0.1, 0.15) is 53.5 Å². The van der Waals surface area contributed by atoms with E-state index in [-0.39, 0.29) is 28.0 Å². The third-order valence-corrected chi connectivity index (χ3v) is 8.63. The lowest BCUT2D eigenvalue weighted by Gasteiger charge is -2.50. The lowest BCUT2D eigenvalue weighted by atomic mass is 9.58. The first-order valence-electron chi connectivity index (χ1n) is 13.8. The van der Waals surface area contributed by atoms with Crippen LogP contribution in [0.2, 0.25) is 0 Å². The summed E-state index contributed by atoms with van der Waals surface area (Å²) in [4.78, 5) is 45.8. The summed E-state index contributed by atoms with van der Waals surface area (Å²) in [5.74, 6) is -0.573. The zero-order chi connectivity index (χ0) is 29.8. The highest BCUT2D eigenvalue weighted by molar-refractivity contribution is 6.01. The maximum absolute atomic E-state index is 14.0. The number of nitro groups is 1. The van der Waals surface area contributed by atoms with Crippen molar-refractivity contribution in [3.05, 3.63) is 111 Å². The fourth-order valence-corrected chi connectivity index (χ4v) is 6.64. The number of aromatic amines is 1. The van der Waals surface area contributed by atoms with Gasteiger partial charge in [-0.05, 0) is 41.8 Å². The average molecular weight is 563 g/mol. The number of carbonyl (C=O) groups is 2. The van der Waals surface area contributed by atoms with Crippen molar-refractivity contribution in [2.24, 2.45) is 10.8 Å². The van der Waals surface area contributed by atoms with Gasteiger partial charge in [-0.25, -0.2) is 9.78 Å². The van der Waals surface area contributed by atoms with Crippen molar-refractivity contribution in [3.63, 3.8) is 0 Å². The number of allylic oxidation sites excluding steroid dienone is 2. The molecular formula is C33H30N4O5. The molecule has 212 valence electrons. The SMILES string of the molecule is CC1(C)C(c2ccc(C(=O)O)cc2)=CC[C@]2(C)CN(C(=O)c3ccccc3-c3nc4ccc([N+](=O)[O-])cc4[nH]3)CC=C12. The molecule has 4 aromatic rings. The fraction of sp³-hybridized carbons (Fsp3) is 0.242. The van der Waals surface area contributed by atoms with Gasteiger partial charge in [-0.1, -0.05) is 68.8 Å². The molecule has 0 unspecified atom stereocenters. The van der Waals surface area contributed by atoms with Crippen molar-refractivity contribution in [1.29, 1.82) is 0 Å². The van der Waals surface area contributed by atoms with Crippen LogP contribution in [0.15, 0.2) is 84.5 Å². The zero-order valence-electron chi connectivity index (χ0n) is 23.5. The second kappa shape index (κ2) is 9.80. The van der Waals surface area contributed by atoms with Gasteiger partial charge < -0.3 is 15.0 Å². The first-order chi connectivity index (χ1) is 20.0. The number of carbonyl (C=O) groups excluding carboxylic acids is 1. The molecule has 0 spiro atoms. The Bertz CT molecular complexity index is 1830. The summed E-state index contributed by atoms with van der Waals surface area (Å²) >= 11 is 0. The number of fused-ring (bicyclic) bond motifs is 2. The largest absolute Gasteiger partial charge is 0.478 e. The Hall–Kier alpha value is -5.05. The molecule has 6 rings (SSSR count). The molecule has 0 bridgehead atoms. The third-order valence-electron chi connectivity index (χ3n) is 8.63. The van der Waals surface area contributed by atoms with Crippen LogP contribution in [0.5, 0.6) is 0 Å². The highest BCUT2D eigenvalue weighted by Gasteiger charge is 2.46. The Morgan fingerprint density at radius 3 is 2.48 bits per heavy atom. The predicted molar refractivity (Wildman–Crippen MR) is 160 cm³/mol. The summed E-state index contributed by atoms with van der Waals surface area (Å²) < 4.78 is 0. The van der Waals surface area contributed by atoms with Gasteiger partial charge in [0, 0.05) is 41.6 Å². The molecular weight excluding hydrogens is 532 g/mol. The second-order valence-electron chi connectivity index (χ2n) is 11.8. The van der Waals surface area contributed by atoms with Crippen LogP contribution < -0.4 is 0 Å². The van der Waals surface area contributed by atoms with E-state index in [0.717, 1.165) is 17.6 Å². The molecule has 2 heterocycles. The number of H-pyrrole nitrogens is 1. The van der Waals surface area contributed by atoms with E-state index in [1.165, 1.54) is 17.7 Å². The number of rotatable bonds is 5. The third kappa shape index (κ3) is 4.47. The average Bonchev–Trinajstić information content (AvgIpc) is 3.40. The monoisotopic (exact) mass is 562 g/mol. The number of nitrogens with one attached hydrogen (secondary N) is 1. The van der Waals surface area contributed by atoms with Crippen LogP contribution in [0.25, 0.3) is 28.0 Å². The molecule has 1 amide bonds. The second-order valence-corrected chi connectivity index (χ2v) is 11.8. The van der Waals surface area contributed by atoms with Crippen molar-refractivity contribution in [1.82, 2.24) is 14.9 Å². The van der Waals surface area contributed by atoms with Crippen LogP contribution >= 0.6 is 0 Å². The molecule has 9 heteroatoms. The lowest BCUT2D eigenvalue weighted by molar-refractivity contribution is -0.384. The van der Waals surface area contributed by atoms with Crippen LogP contribution in [0, 0.1) is 20.9 Å². The Morgan fingerprint density at radius 2 is 1.76 bits per heavy atom. The first-order valence-corrected chi connectivity index (χ1v) is 13.8. The zero-order valence-corrected chi connectivity index (χ0v) is 23.5. The van der Waals surface area contributed by atoms with Gasteiger partial charge >= 0.3 is 5.97 Å². The van der Waals surface area contributed by atoms with E-state index in [2.05, 4.69) is 42.9 Å². The smallest absolute Gasteiger partial charge is 0.335 e. The minimum absolute atomic E-state index is 0.0314. The molecule has 1 aliphatic heterocycles. The maximum Gasteiger partial charge on any atom is 0.335 e. The van der Waals surface area contributed by atoms with Gasteiger partial charge in [0.25, 0.3) is 11.6 Å². The van der Waals surface area contributed by atoms with Gasteiger partial charge in [0.1, 0.15) is 5.82 Å². The summed E-state index contributed by atoms with van der Waals surface area (Å²) in [6, 6.07) is 18.8. The van der Waals surface area contributed by atoms with E-state index in [1.54, 1.807) is 24.3 Å². The van der Waals surface area contributed by atoms with Crippen LogP contribution in [-0.2, 0) is 0 Å². The molecule has 2 aliphatic rings. The van der Waals surface area contributed by atoms with Crippen molar-refractivity contribution >= 4 is 34.2 Å². The summed E-state index contributed by atoms with van der Waals surface area (Å²) in [5.41, 5.74) is 5.33. The lowest BCUT2D eigenvalue weighted by Crippen LogP contribution is -2.48. The number of nitro benzene ring substituents is 1. The van der Waals surface area contributed by atoms with Gasteiger partial charge in [0.2, 0.25) is 0 Å². The van der Waals surface area contributed by atoms with Gasteiger partial charge in [-0.3, -0.25) is 14.9 Å². The molecule has 0 fully saturated rings. The number of carboxylic acids is 1. The van der Waals surface area contributed by atoms with E-state index >= 15 is 0 Å². The highest BCUT2D eigenvalue weighted by atomic mass is 16.6. The molecule has 3 aromatic carbocycles. The molecule has 1 aliphatic carbocycles. The summed E-state index contributed by atoms with van der Waals surface area (Å²) in [6.45, 7) is 7.57. The van der Waals surface area contributed by atoms with E-state index in [4.69, 9.17) is 0 Å². The molecule has 2 N–H and O–H groups in total. The Balaban J connectivity index is 1.29. The Kier molecular flexibility index (Phi) is 6.33. The topological polar surface area (TPSA) is 129 Å². The van der Waals surface area contributed by atoms with Gasteiger partial charge in [0.15, 0.2) is 0 Å². The van der Waals surface area contributed by atoms with E-state index < -0.39 is 10.9 Å². The number of carboxylic acid groups (broad SMARTS) is 1. The Morgan fingerprint density at radius 1 is 1.02 bits per heavy atom. The number of benzene rings is 3. The number of aromatic nitrogens is 2. The standard InChI is InChI=1S/C33H30N4O5/c1-32(2)25(20-8-10-21(11-9-20)31(39)40)14-16-33(3)19-36(17-15-28(32)33)30(38)24-7-5-4-6-23(24)29-34-26-13-12-22(37(41)42)18-27(26)35-29/h4-15,18H,16-17,19H2,1-3H3,(H,34,35)(H,39,40)/t33-/m1/s1. The van der Waals surface area contributed by atoms with Crippen molar-refractivity contribution < 1.29 is 19.6 Å². The van der Waals surface area contributed by atoms with E-state index in [9.17, 15) is 24.8 Å². The molecule has 9 nitrogen and oxygen atoms in total. The number of imidazole rings is 1. The number of nitrogens with zero attached hydrogens (tertiary/aromatic N) is 3. The minimum atomic E-state index is -0.948. The summed E-state index contributed by atoms with van der Waals surface area (Å²) in [7, 11) is 0. The molecule has 42 heavy (non-hydrogen) atoms. The molecule has 0 saturated carbocycles. The van der Waals surface area contributed by atoms with Crippen molar-refractivity contribution in [2.75, 3.05) is 13.1 Å². The summed E-state index contributed by atoms with van der Waals surface area (Å²) in [5, 5.41) is 20.5. The quantitative estimate of drug-likeness (QED) is 0.157. The highest BCUT2D eigenvalue weighted by Crippen LogP contribution is 2.55. The van der Waals surface area contributed by atoms with Crippen LogP contribution in [0.3, 0.4) is 0 Å². The molecule has 1 atom stereocenters. The van der Waals surface area contributed by atoms with E-state index in [1.807, 2.05) is 35.2 Å². The van der Waals surface area contributed by atoms with Gasteiger partial charge in [0.05, 0.1) is 27.1 Å².